The summed E-state index contributed by atoms with van der Waals surface area (Å²) < 4.78 is 13.1. The number of carboxylic acids is 1. The number of carboxylic acid groups (broad SMARTS) is 1. The molecule has 0 aliphatic carbocycles. The topological polar surface area (TPSA) is 109 Å². The van der Waals surface area contributed by atoms with E-state index in [9.17, 15) is 18.8 Å². The minimum atomic E-state index is -1.46. The fourth-order valence-electron chi connectivity index (χ4n) is 1.32. The Bertz CT molecular complexity index is 535. The van der Waals surface area contributed by atoms with Crippen molar-refractivity contribution in [3.63, 3.8) is 0 Å². The summed E-state index contributed by atoms with van der Waals surface area (Å²) in [5.74, 6) is -3.75. The van der Waals surface area contributed by atoms with Crippen molar-refractivity contribution < 1.29 is 23.9 Å². The molecule has 4 N–H and O–H groups in total. The van der Waals surface area contributed by atoms with Gasteiger partial charge in [0.1, 0.15) is 11.9 Å². The van der Waals surface area contributed by atoms with E-state index in [-0.39, 0.29) is 10.0 Å². The Labute approximate surface area is 115 Å². The largest absolute Gasteiger partial charge is 0.480 e. The third-order valence-electron chi connectivity index (χ3n) is 2.20. The molecule has 1 atom stereocenters. The summed E-state index contributed by atoms with van der Waals surface area (Å²) in [5, 5.41) is 10.9. The predicted molar refractivity (Wildman–Crippen MR) is 66.8 cm³/mol. The average Bonchev–Trinajstić information content (AvgIpc) is 2.31. The highest BCUT2D eigenvalue weighted by Crippen LogP contribution is 2.20. The van der Waals surface area contributed by atoms with Crippen LogP contribution in [0.4, 0.5) is 4.39 Å². The van der Waals surface area contributed by atoms with Crippen LogP contribution in [0.2, 0.25) is 0 Å². The molecule has 0 heterocycles. The summed E-state index contributed by atoms with van der Waals surface area (Å²) in [5.41, 5.74) is 4.80. The molecule has 2 amide bonds. The van der Waals surface area contributed by atoms with Crippen LogP contribution in [-0.2, 0) is 9.59 Å². The second-order valence-corrected chi connectivity index (χ2v) is 4.43. The van der Waals surface area contributed by atoms with E-state index in [0.29, 0.717) is 0 Å². The van der Waals surface area contributed by atoms with Crippen LogP contribution in [0.3, 0.4) is 0 Å². The number of carbonyl (C=O) groups is 3. The molecule has 1 unspecified atom stereocenters. The first-order valence-electron chi connectivity index (χ1n) is 5.09. The number of hydrogen-bond donors (Lipinski definition) is 3. The Morgan fingerprint density at radius 2 is 2.05 bits per heavy atom. The Morgan fingerprint density at radius 3 is 2.58 bits per heavy atom. The Kier molecular flexibility index (Phi) is 4.99. The van der Waals surface area contributed by atoms with Crippen molar-refractivity contribution in [2.75, 3.05) is 0 Å². The Morgan fingerprint density at radius 1 is 1.42 bits per heavy atom. The number of halogens is 2. The van der Waals surface area contributed by atoms with Crippen LogP contribution in [-0.4, -0.2) is 28.9 Å². The number of carbonyl (C=O) groups excluding carboxylic acids is 2. The van der Waals surface area contributed by atoms with Crippen LogP contribution in [0.1, 0.15) is 16.8 Å². The van der Waals surface area contributed by atoms with Gasteiger partial charge in [0.2, 0.25) is 5.91 Å². The zero-order valence-corrected chi connectivity index (χ0v) is 11.1. The summed E-state index contributed by atoms with van der Waals surface area (Å²) in [6.07, 6.45) is -0.548. The van der Waals surface area contributed by atoms with Crippen molar-refractivity contribution in [2.45, 2.75) is 12.5 Å². The van der Waals surface area contributed by atoms with Gasteiger partial charge in [0.25, 0.3) is 5.91 Å². The lowest BCUT2D eigenvalue weighted by Gasteiger charge is -2.13. The molecule has 6 nitrogen and oxygen atoms in total. The number of amides is 2. The van der Waals surface area contributed by atoms with E-state index in [1.54, 1.807) is 0 Å². The molecule has 0 bridgehead atoms. The lowest BCUT2D eigenvalue weighted by Crippen LogP contribution is -2.43. The summed E-state index contributed by atoms with van der Waals surface area (Å²) >= 11 is 2.88. The number of primary amides is 1. The van der Waals surface area contributed by atoms with Crippen LogP contribution < -0.4 is 11.1 Å². The lowest BCUT2D eigenvalue weighted by atomic mass is 10.1. The smallest absolute Gasteiger partial charge is 0.326 e. The molecule has 0 spiro atoms. The first-order valence-corrected chi connectivity index (χ1v) is 5.88. The minimum absolute atomic E-state index is 0.0734. The molecule has 0 aromatic heterocycles. The molecule has 0 saturated heterocycles. The summed E-state index contributed by atoms with van der Waals surface area (Å²) in [6, 6.07) is 2.30. The Balaban J connectivity index is 2.91. The van der Waals surface area contributed by atoms with Gasteiger partial charge in [-0.25, -0.2) is 9.18 Å². The van der Waals surface area contributed by atoms with E-state index in [0.717, 1.165) is 6.07 Å². The highest BCUT2D eigenvalue weighted by Gasteiger charge is 2.24. The van der Waals surface area contributed by atoms with Crippen LogP contribution in [0.15, 0.2) is 22.7 Å². The van der Waals surface area contributed by atoms with Gasteiger partial charge < -0.3 is 16.2 Å². The van der Waals surface area contributed by atoms with Crippen molar-refractivity contribution in [1.82, 2.24) is 5.32 Å². The molecule has 102 valence electrons. The summed E-state index contributed by atoms with van der Waals surface area (Å²) in [4.78, 5) is 33.3. The van der Waals surface area contributed by atoms with Crippen LogP contribution >= 0.6 is 15.9 Å². The van der Waals surface area contributed by atoms with E-state index in [2.05, 4.69) is 21.2 Å². The molecule has 1 aromatic carbocycles. The molecular formula is C11H10BrFN2O4. The third-order valence-corrected chi connectivity index (χ3v) is 3.01. The minimum Gasteiger partial charge on any atom is -0.480 e. The molecule has 0 saturated carbocycles. The van der Waals surface area contributed by atoms with Gasteiger partial charge in [-0.1, -0.05) is 6.07 Å². The fourth-order valence-corrected chi connectivity index (χ4v) is 1.76. The molecule has 8 heteroatoms. The van der Waals surface area contributed by atoms with Gasteiger partial charge in [0.15, 0.2) is 0 Å². The second-order valence-electron chi connectivity index (χ2n) is 3.64. The maximum absolute atomic E-state index is 13.2. The number of nitrogens with one attached hydrogen (secondary N) is 1. The number of hydrogen-bond acceptors (Lipinski definition) is 3. The van der Waals surface area contributed by atoms with Crippen molar-refractivity contribution in [2.24, 2.45) is 5.73 Å². The maximum Gasteiger partial charge on any atom is 0.326 e. The summed E-state index contributed by atoms with van der Waals surface area (Å²) in [7, 11) is 0. The SMILES string of the molecule is NC(=O)CC(NC(=O)c1cccc(F)c1Br)C(=O)O. The maximum atomic E-state index is 13.2. The molecule has 0 radical (unpaired) electrons. The van der Waals surface area contributed by atoms with E-state index < -0.39 is 36.1 Å². The Hall–Kier alpha value is -1.96. The monoisotopic (exact) mass is 332 g/mol. The van der Waals surface area contributed by atoms with Gasteiger partial charge in [0, 0.05) is 0 Å². The predicted octanol–water partition coefficient (Wildman–Crippen LogP) is 0.647. The molecule has 19 heavy (non-hydrogen) atoms. The van der Waals surface area contributed by atoms with Crippen molar-refractivity contribution in [3.8, 4) is 0 Å². The molecular weight excluding hydrogens is 323 g/mol. The first-order chi connectivity index (χ1) is 8.82. The summed E-state index contributed by atoms with van der Waals surface area (Å²) in [6.45, 7) is 0. The van der Waals surface area contributed by atoms with E-state index in [4.69, 9.17) is 10.8 Å². The van der Waals surface area contributed by atoms with Gasteiger partial charge >= 0.3 is 5.97 Å². The first kappa shape index (κ1) is 15.1. The third kappa shape index (κ3) is 4.02. The van der Waals surface area contributed by atoms with Gasteiger partial charge in [0.05, 0.1) is 16.5 Å². The molecule has 1 aromatic rings. The fraction of sp³-hybridized carbons (Fsp3) is 0.182. The van der Waals surface area contributed by atoms with E-state index in [1.165, 1.54) is 12.1 Å². The van der Waals surface area contributed by atoms with Gasteiger partial charge in [-0.2, -0.15) is 0 Å². The van der Waals surface area contributed by atoms with Crippen LogP contribution in [0.25, 0.3) is 0 Å². The molecule has 0 fully saturated rings. The van der Waals surface area contributed by atoms with E-state index in [1.807, 2.05) is 0 Å². The zero-order chi connectivity index (χ0) is 14.6. The van der Waals surface area contributed by atoms with Gasteiger partial charge in [-0.15, -0.1) is 0 Å². The average molecular weight is 333 g/mol. The number of benzene rings is 1. The molecule has 1 rings (SSSR count). The molecule has 0 aliphatic heterocycles. The number of rotatable bonds is 5. The highest BCUT2D eigenvalue weighted by atomic mass is 79.9. The zero-order valence-electron chi connectivity index (χ0n) is 9.52. The normalized spacial score (nSPS) is 11.7. The van der Waals surface area contributed by atoms with Gasteiger partial charge in [-0.3, -0.25) is 9.59 Å². The van der Waals surface area contributed by atoms with Crippen molar-refractivity contribution >= 4 is 33.7 Å². The van der Waals surface area contributed by atoms with Crippen LogP contribution in [0, 0.1) is 5.82 Å². The van der Waals surface area contributed by atoms with Crippen molar-refractivity contribution in [3.05, 3.63) is 34.1 Å². The second kappa shape index (κ2) is 6.28. The number of nitrogens with two attached hydrogens (primary N) is 1. The standard InChI is InChI=1S/C11H10BrFN2O4/c12-9-5(2-1-3-6(9)13)10(17)15-7(11(18)19)4-8(14)16/h1-3,7H,4H2,(H2,14,16)(H,15,17)(H,18,19). The van der Waals surface area contributed by atoms with Crippen LogP contribution in [0.5, 0.6) is 0 Å². The number of aliphatic carboxylic acids is 1. The van der Waals surface area contributed by atoms with Gasteiger partial charge in [-0.05, 0) is 28.1 Å². The quantitative estimate of drug-likeness (QED) is 0.735. The van der Waals surface area contributed by atoms with Crippen molar-refractivity contribution in [1.29, 1.82) is 0 Å². The molecule has 0 aliphatic rings. The van der Waals surface area contributed by atoms with E-state index >= 15 is 0 Å². The lowest BCUT2D eigenvalue weighted by molar-refractivity contribution is -0.140. The highest BCUT2D eigenvalue weighted by molar-refractivity contribution is 9.10.